The van der Waals surface area contributed by atoms with E-state index < -0.39 is 0 Å². The summed E-state index contributed by atoms with van der Waals surface area (Å²) in [6, 6.07) is 1.77. The molecule has 0 aromatic carbocycles. The van der Waals surface area contributed by atoms with E-state index in [1.165, 1.54) is 6.08 Å². The Labute approximate surface area is 77.0 Å². The van der Waals surface area contributed by atoms with Gasteiger partial charge in [0.05, 0.1) is 0 Å². The van der Waals surface area contributed by atoms with Crippen LogP contribution in [0, 0.1) is 6.92 Å². The van der Waals surface area contributed by atoms with Crippen molar-refractivity contribution in [2.45, 2.75) is 20.8 Å². The predicted molar refractivity (Wildman–Crippen MR) is 51.4 cm³/mol. The maximum Gasteiger partial charge on any atom is 0.249 e. The Morgan fingerprint density at radius 3 is 2.77 bits per heavy atom. The molecule has 0 radical (unpaired) electrons. The van der Waals surface area contributed by atoms with Crippen LogP contribution in [-0.4, -0.2) is 16.1 Å². The van der Waals surface area contributed by atoms with Gasteiger partial charge in [0.25, 0.3) is 0 Å². The smallest absolute Gasteiger partial charge is 0.249 e. The van der Waals surface area contributed by atoms with Crippen molar-refractivity contribution in [3.8, 4) is 0 Å². The highest BCUT2D eigenvalue weighted by Crippen LogP contribution is 2.03. The molecule has 0 saturated heterocycles. The molecule has 70 valence electrons. The second kappa shape index (κ2) is 3.89. The van der Waals surface area contributed by atoms with Gasteiger partial charge in [0.2, 0.25) is 5.91 Å². The van der Waals surface area contributed by atoms with Crippen LogP contribution in [-0.2, 0) is 4.79 Å². The summed E-state index contributed by atoms with van der Waals surface area (Å²) in [4.78, 5) is 11.2. The number of aromatic amines is 1. The number of aromatic nitrogens is 2. The maximum atomic E-state index is 11.2. The van der Waals surface area contributed by atoms with E-state index in [4.69, 9.17) is 0 Å². The molecule has 0 bridgehead atoms. The van der Waals surface area contributed by atoms with Gasteiger partial charge in [-0.3, -0.25) is 9.89 Å². The quantitative estimate of drug-likeness (QED) is 0.678. The molecule has 1 amide bonds. The Kier molecular flexibility index (Phi) is 2.84. The molecule has 0 atom stereocenters. The number of hydrogen-bond donors (Lipinski definition) is 2. The molecule has 4 nitrogen and oxygen atoms in total. The van der Waals surface area contributed by atoms with E-state index >= 15 is 0 Å². The molecule has 1 heterocycles. The number of anilines is 1. The molecule has 4 heteroatoms. The molecule has 0 aliphatic heterocycles. The number of nitrogens with zero attached hydrogens (tertiary/aromatic N) is 1. The van der Waals surface area contributed by atoms with Gasteiger partial charge in [-0.05, 0) is 20.8 Å². The number of amides is 1. The summed E-state index contributed by atoms with van der Waals surface area (Å²) in [6.07, 6.45) is 1.53. The van der Waals surface area contributed by atoms with E-state index in [0.717, 1.165) is 11.3 Å². The number of carbonyl (C=O) groups is 1. The van der Waals surface area contributed by atoms with E-state index in [2.05, 4.69) is 15.5 Å². The molecule has 1 aromatic heterocycles. The first kappa shape index (κ1) is 9.51. The fraction of sp³-hybridized carbons (Fsp3) is 0.333. The molecule has 0 unspecified atom stereocenters. The average Bonchev–Trinajstić information content (AvgIpc) is 2.33. The van der Waals surface area contributed by atoms with E-state index in [-0.39, 0.29) is 5.91 Å². The van der Waals surface area contributed by atoms with Gasteiger partial charge in [-0.1, -0.05) is 5.57 Å². The van der Waals surface area contributed by atoms with Crippen LogP contribution in [0.4, 0.5) is 5.82 Å². The Balaban J connectivity index is 2.60. The largest absolute Gasteiger partial charge is 0.306 e. The number of H-pyrrole nitrogens is 1. The first-order chi connectivity index (χ1) is 6.08. The van der Waals surface area contributed by atoms with Crippen molar-refractivity contribution in [2.75, 3.05) is 5.32 Å². The lowest BCUT2D eigenvalue weighted by Gasteiger charge is -1.95. The summed E-state index contributed by atoms with van der Waals surface area (Å²) in [5, 5.41) is 9.26. The van der Waals surface area contributed by atoms with E-state index in [1.807, 2.05) is 20.8 Å². The highest BCUT2D eigenvalue weighted by molar-refractivity contribution is 5.98. The first-order valence-corrected chi connectivity index (χ1v) is 4.06. The summed E-state index contributed by atoms with van der Waals surface area (Å²) in [7, 11) is 0. The Hall–Kier alpha value is -1.58. The van der Waals surface area contributed by atoms with Crippen LogP contribution in [0.2, 0.25) is 0 Å². The number of hydrogen-bond acceptors (Lipinski definition) is 2. The minimum atomic E-state index is -0.147. The van der Waals surface area contributed by atoms with Gasteiger partial charge in [-0.15, -0.1) is 0 Å². The van der Waals surface area contributed by atoms with Gasteiger partial charge in [0.15, 0.2) is 5.82 Å². The van der Waals surface area contributed by atoms with Crippen molar-refractivity contribution in [3.63, 3.8) is 0 Å². The van der Waals surface area contributed by atoms with E-state index in [0.29, 0.717) is 5.82 Å². The van der Waals surface area contributed by atoms with Gasteiger partial charge in [-0.2, -0.15) is 5.10 Å². The summed E-state index contributed by atoms with van der Waals surface area (Å²) in [5.74, 6) is 0.409. The van der Waals surface area contributed by atoms with Crippen LogP contribution in [0.15, 0.2) is 17.7 Å². The minimum Gasteiger partial charge on any atom is -0.306 e. The van der Waals surface area contributed by atoms with Gasteiger partial charge in [0, 0.05) is 17.8 Å². The van der Waals surface area contributed by atoms with Crippen LogP contribution in [0.1, 0.15) is 19.5 Å². The number of carbonyl (C=O) groups excluding carboxylic acids is 1. The normalized spacial score (nSPS) is 9.46. The second-order valence-electron chi connectivity index (χ2n) is 3.15. The van der Waals surface area contributed by atoms with Crippen LogP contribution >= 0.6 is 0 Å². The van der Waals surface area contributed by atoms with Crippen molar-refractivity contribution in [2.24, 2.45) is 0 Å². The molecule has 0 spiro atoms. The van der Waals surface area contributed by atoms with Crippen LogP contribution in [0.3, 0.4) is 0 Å². The molecular formula is C9H13N3O. The molecular weight excluding hydrogens is 166 g/mol. The third-order valence-electron chi connectivity index (χ3n) is 1.38. The Morgan fingerprint density at radius 1 is 1.62 bits per heavy atom. The monoisotopic (exact) mass is 179 g/mol. The number of aryl methyl sites for hydroxylation is 1. The van der Waals surface area contributed by atoms with Crippen molar-refractivity contribution in [3.05, 3.63) is 23.4 Å². The van der Waals surface area contributed by atoms with Gasteiger partial charge >= 0.3 is 0 Å². The van der Waals surface area contributed by atoms with Crippen molar-refractivity contribution in [1.29, 1.82) is 0 Å². The maximum absolute atomic E-state index is 11.2. The zero-order valence-electron chi connectivity index (χ0n) is 8.01. The molecule has 1 aromatic rings. The number of nitrogens with one attached hydrogen (secondary N) is 2. The lowest BCUT2D eigenvalue weighted by molar-refractivity contribution is -0.112. The summed E-state index contributed by atoms with van der Waals surface area (Å²) >= 11 is 0. The Bertz CT molecular complexity index is 334. The summed E-state index contributed by atoms with van der Waals surface area (Å²) < 4.78 is 0. The molecule has 1 rings (SSSR count). The third kappa shape index (κ3) is 3.11. The molecule has 0 aliphatic rings. The fourth-order valence-corrected chi connectivity index (χ4v) is 0.907. The second-order valence-corrected chi connectivity index (χ2v) is 3.15. The lowest BCUT2D eigenvalue weighted by Crippen LogP contribution is -2.08. The summed E-state index contributed by atoms with van der Waals surface area (Å²) in [5.41, 5.74) is 1.89. The topological polar surface area (TPSA) is 57.8 Å². The van der Waals surface area contributed by atoms with Crippen LogP contribution in [0.5, 0.6) is 0 Å². The molecule has 0 saturated carbocycles. The van der Waals surface area contributed by atoms with Gasteiger partial charge in [0.1, 0.15) is 0 Å². The van der Waals surface area contributed by atoms with Crippen LogP contribution in [0.25, 0.3) is 0 Å². The van der Waals surface area contributed by atoms with Crippen molar-refractivity contribution < 1.29 is 4.79 Å². The minimum absolute atomic E-state index is 0.147. The Morgan fingerprint density at radius 2 is 2.31 bits per heavy atom. The van der Waals surface area contributed by atoms with E-state index in [1.54, 1.807) is 6.07 Å². The molecule has 2 N–H and O–H groups in total. The van der Waals surface area contributed by atoms with Gasteiger partial charge < -0.3 is 5.32 Å². The number of allylic oxidation sites excluding steroid dienone is 1. The van der Waals surface area contributed by atoms with Gasteiger partial charge in [-0.25, -0.2) is 0 Å². The standard InChI is InChI=1S/C9H13N3O/c1-6(2)4-9(13)10-8-5-7(3)11-12-8/h4-5H,1-3H3,(H2,10,11,12,13). The fourth-order valence-electron chi connectivity index (χ4n) is 0.907. The van der Waals surface area contributed by atoms with Crippen molar-refractivity contribution in [1.82, 2.24) is 10.2 Å². The van der Waals surface area contributed by atoms with E-state index in [9.17, 15) is 4.79 Å². The van der Waals surface area contributed by atoms with Crippen LogP contribution < -0.4 is 5.32 Å². The lowest BCUT2D eigenvalue weighted by atomic mass is 10.3. The van der Waals surface area contributed by atoms with Crippen molar-refractivity contribution >= 4 is 11.7 Å². The third-order valence-corrected chi connectivity index (χ3v) is 1.38. The highest BCUT2D eigenvalue weighted by Gasteiger charge is 2.00. The highest BCUT2D eigenvalue weighted by atomic mass is 16.1. The molecule has 0 fully saturated rings. The molecule has 0 aliphatic carbocycles. The SMILES string of the molecule is CC(C)=CC(=O)Nc1cc(C)[nH]n1. The average molecular weight is 179 g/mol. The zero-order chi connectivity index (χ0) is 9.84. The number of rotatable bonds is 2. The predicted octanol–water partition coefficient (Wildman–Crippen LogP) is 1.62. The zero-order valence-corrected chi connectivity index (χ0v) is 8.01. The summed E-state index contributed by atoms with van der Waals surface area (Å²) in [6.45, 7) is 5.62. The first-order valence-electron chi connectivity index (χ1n) is 4.06. The molecule has 13 heavy (non-hydrogen) atoms.